The second-order valence-electron chi connectivity index (χ2n) is 5.84. The van der Waals surface area contributed by atoms with E-state index < -0.39 is 0 Å². The van der Waals surface area contributed by atoms with Crippen molar-refractivity contribution >= 4 is 17.5 Å². The van der Waals surface area contributed by atoms with E-state index in [4.69, 9.17) is 14.2 Å². The number of thioether (sulfide) groups is 1. The Hall–Kier alpha value is -3.00. The first-order valence-corrected chi connectivity index (χ1v) is 9.48. The number of ether oxygens (including phenoxy) is 3. The predicted molar refractivity (Wildman–Crippen MR) is 108 cm³/mol. The summed E-state index contributed by atoms with van der Waals surface area (Å²) in [6, 6.07) is 12.7. The van der Waals surface area contributed by atoms with Crippen LogP contribution in [-0.4, -0.2) is 47.6 Å². The van der Waals surface area contributed by atoms with E-state index in [2.05, 4.69) is 10.2 Å². The lowest BCUT2D eigenvalue weighted by Gasteiger charge is -2.10. The van der Waals surface area contributed by atoms with Crippen LogP contribution in [0.3, 0.4) is 0 Å². The molecule has 0 N–H and O–H groups in total. The first-order valence-electron chi connectivity index (χ1n) is 8.49. The maximum Gasteiger partial charge on any atom is 0.191 e. The van der Waals surface area contributed by atoms with E-state index in [0.29, 0.717) is 33.8 Å². The highest BCUT2D eigenvalue weighted by Crippen LogP contribution is 2.31. The Kier molecular flexibility index (Phi) is 6.20. The lowest BCUT2D eigenvalue weighted by atomic mass is 10.1. The average molecular weight is 399 g/mol. The van der Waals surface area contributed by atoms with Crippen molar-refractivity contribution in [2.75, 3.05) is 27.1 Å². The van der Waals surface area contributed by atoms with Gasteiger partial charge in [0.05, 0.1) is 38.2 Å². The summed E-state index contributed by atoms with van der Waals surface area (Å²) in [5.74, 6) is 2.66. The summed E-state index contributed by atoms with van der Waals surface area (Å²) in [5, 5.41) is 9.12. The number of methoxy groups -OCH3 is 3. The third-order valence-electron chi connectivity index (χ3n) is 4.22. The van der Waals surface area contributed by atoms with Gasteiger partial charge in [-0.2, -0.15) is 0 Å². The van der Waals surface area contributed by atoms with E-state index in [1.165, 1.54) is 18.9 Å². The average Bonchev–Trinajstić information content (AvgIpc) is 3.11. The van der Waals surface area contributed by atoms with Crippen molar-refractivity contribution in [3.8, 4) is 28.6 Å². The van der Waals surface area contributed by atoms with Crippen LogP contribution >= 0.6 is 11.8 Å². The van der Waals surface area contributed by atoms with Gasteiger partial charge in [0.25, 0.3) is 0 Å². The van der Waals surface area contributed by atoms with Crippen molar-refractivity contribution in [1.29, 1.82) is 0 Å². The number of benzene rings is 2. The van der Waals surface area contributed by atoms with Crippen LogP contribution in [0.15, 0.2) is 47.6 Å². The molecule has 146 valence electrons. The van der Waals surface area contributed by atoms with Gasteiger partial charge in [0.15, 0.2) is 16.8 Å². The zero-order valence-electron chi connectivity index (χ0n) is 16.1. The molecule has 3 aromatic rings. The summed E-state index contributed by atoms with van der Waals surface area (Å²) in [7, 11) is 6.58. The summed E-state index contributed by atoms with van der Waals surface area (Å²) in [5.41, 5.74) is 1.35. The van der Waals surface area contributed by atoms with Crippen LogP contribution in [0.4, 0.5) is 0 Å². The Bertz CT molecular complexity index is 987. The molecule has 1 heterocycles. The lowest BCUT2D eigenvalue weighted by Crippen LogP contribution is -2.06. The maximum absolute atomic E-state index is 12.7. The number of rotatable bonds is 8. The summed E-state index contributed by atoms with van der Waals surface area (Å²) in [6.07, 6.45) is 0. The molecule has 0 spiro atoms. The van der Waals surface area contributed by atoms with Gasteiger partial charge in [0.2, 0.25) is 0 Å². The molecular weight excluding hydrogens is 378 g/mol. The highest BCUT2D eigenvalue weighted by atomic mass is 32.2. The van der Waals surface area contributed by atoms with Crippen LogP contribution in [0.5, 0.6) is 17.2 Å². The number of ketones is 1. The first-order chi connectivity index (χ1) is 13.6. The van der Waals surface area contributed by atoms with Crippen LogP contribution in [-0.2, 0) is 7.05 Å². The van der Waals surface area contributed by atoms with Crippen LogP contribution in [0.1, 0.15) is 10.4 Å². The second kappa shape index (κ2) is 8.79. The molecule has 0 bridgehead atoms. The predicted octanol–water partition coefficient (Wildman–Crippen LogP) is 3.48. The first kappa shape index (κ1) is 19.8. The third kappa shape index (κ3) is 3.96. The minimum atomic E-state index is -0.0636. The molecule has 0 radical (unpaired) electrons. The SMILES string of the molecule is COc1ccc(C(=O)CSc2nnc(-c3ccccc3OC)n2C)c(OC)c1. The quantitative estimate of drug-likeness (QED) is 0.424. The molecule has 0 aliphatic rings. The van der Waals surface area contributed by atoms with Crippen molar-refractivity contribution in [3.05, 3.63) is 48.0 Å². The van der Waals surface area contributed by atoms with Crippen molar-refractivity contribution in [1.82, 2.24) is 14.8 Å². The fourth-order valence-electron chi connectivity index (χ4n) is 2.74. The van der Waals surface area contributed by atoms with Gasteiger partial charge >= 0.3 is 0 Å². The Morgan fingerprint density at radius 2 is 1.75 bits per heavy atom. The van der Waals surface area contributed by atoms with E-state index in [1.54, 1.807) is 32.4 Å². The number of carbonyl (C=O) groups excluding carboxylic acids is 1. The van der Waals surface area contributed by atoms with Gasteiger partial charge in [-0.1, -0.05) is 23.9 Å². The largest absolute Gasteiger partial charge is 0.497 e. The monoisotopic (exact) mass is 399 g/mol. The normalized spacial score (nSPS) is 10.6. The molecule has 8 heteroatoms. The molecular formula is C20H21N3O4S. The Morgan fingerprint density at radius 1 is 1.00 bits per heavy atom. The fraction of sp³-hybridized carbons (Fsp3) is 0.250. The molecule has 1 aromatic heterocycles. The van der Waals surface area contributed by atoms with Crippen LogP contribution in [0, 0.1) is 0 Å². The Labute approximate surface area is 167 Å². The topological polar surface area (TPSA) is 75.5 Å². The van der Waals surface area contributed by atoms with E-state index >= 15 is 0 Å². The summed E-state index contributed by atoms with van der Waals surface area (Å²) < 4.78 is 17.7. The minimum Gasteiger partial charge on any atom is -0.497 e. The fourth-order valence-corrected chi connectivity index (χ4v) is 3.54. The highest BCUT2D eigenvalue weighted by molar-refractivity contribution is 7.99. The van der Waals surface area contributed by atoms with Gasteiger partial charge in [0.1, 0.15) is 17.2 Å². The van der Waals surface area contributed by atoms with E-state index in [0.717, 1.165) is 5.56 Å². The number of para-hydroxylation sites is 1. The summed E-state index contributed by atoms with van der Waals surface area (Å²) in [4.78, 5) is 12.7. The standard InChI is InChI=1S/C20H21N3O4S/c1-23-19(15-7-5-6-8-17(15)26-3)21-22-20(23)28-12-16(24)14-10-9-13(25-2)11-18(14)27-4/h5-11H,12H2,1-4H3. The van der Waals surface area contributed by atoms with Crippen LogP contribution in [0.2, 0.25) is 0 Å². The summed E-state index contributed by atoms with van der Waals surface area (Å²) >= 11 is 1.32. The van der Waals surface area contributed by atoms with Crippen molar-refractivity contribution in [2.45, 2.75) is 5.16 Å². The second-order valence-corrected chi connectivity index (χ2v) is 6.79. The molecule has 0 saturated carbocycles. The van der Waals surface area contributed by atoms with Gasteiger partial charge in [-0.3, -0.25) is 4.79 Å². The molecule has 0 saturated heterocycles. The van der Waals surface area contributed by atoms with Gasteiger partial charge in [-0.05, 0) is 24.3 Å². The molecule has 3 rings (SSSR count). The number of hydrogen-bond donors (Lipinski definition) is 0. The molecule has 7 nitrogen and oxygen atoms in total. The molecule has 0 unspecified atom stereocenters. The van der Waals surface area contributed by atoms with Crippen molar-refractivity contribution < 1.29 is 19.0 Å². The summed E-state index contributed by atoms with van der Waals surface area (Å²) in [6.45, 7) is 0. The molecule has 28 heavy (non-hydrogen) atoms. The Morgan fingerprint density at radius 3 is 2.46 bits per heavy atom. The Balaban J connectivity index is 1.77. The van der Waals surface area contributed by atoms with Crippen LogP contribution < -0.4 is 14.2 Å². The molecule has 0 atom stereocenters. The molecule has 0 fully saturated rings. The van der Waals surface area contributed by atoms with Gasteiger partial charge in [-0.25, -0.2) is 0 Å². The lowest BCUT2D eigenvalue weighted by molar-refractivity contribution is 0.101. The third-order valence-corrected chi connectivity index (χ3v) is 5.24. The van der Waals surface area contributed by atoms with E-state index in [9.17, 15) is 4.79 Å². The van der Waals surface area contributed by atoms with E-state index in [-0.39, 0.29) is 11.5 Å². The number of aromatic nitrogens is 3. The zero-order chi connectivity index (χ0) is 20.1. The molecule has 2 aromatic carbocycles. The molecule has 0 aliphatic carbocycles. The maximum atomic E-state index is 12.7. The number of nitrogens with zero attached hydrogens (tertiary/aromatic N) is 3. The number of Topliss-reactive ketones (excluding diaryl/α,β-unsaturated/α-hetero) is 1. The smallest absolute Gasteiger partial charge is 0.191 e. The van der Waals surface area contributed by atoms with Crippen molar-refractivity contribution in [2.24, 2.45) is 7.05 Å². The molecule has 0 aliphatic heterocycles. The van der Waals surface area contributed by atoms with Gasteiger partial charge in [-0.15, -0.1) is 10.2 Å². The zero-order valence-corrected chi connectivity index (χ0v) is 16.9. The number of hydrogen-bond acceptors (Lipinski definition) is 7. The van der Waals surface area contributed by atoms with Gasteiger partial charge in [0, 0.05) is 13.1 Å². The number of carbonyl (C=O) groups is 1. The van der Waals surface area contributed by atoms with E-state index in [1.807, 2.05) is 35.9 Å². The van der Waals surface area contributed by atoms with Crippen LogP contribution in [0.25, 0.3) is 11.4 Å². The highest BCUT2D eigenvalue weighted by Gasteiger charge is 2.18. The minimum absolute atomic E-state index is 0.0636. The van der Waals surface area contributed by atoms with Gasteiger partial charge < -0.3 is 18.8 Å². The molecule has 0 amide bonds. The van der Waals surface area contributed by atoms with Crippen molar-refractivity contribution in [3.63, 3.8) is 0 Å².